The van der Waals surface area contributed by atoms with Crippen molar-refractivity contribution >= 4 is 15.9 Å². The molecule has 0 amide bonds. The Morgan fingerprint density at radius 3 is 2.80 bits per heavy atom. The van der Waals surface area contributed by atoms with E-state index in [1.54, 1.807) is 13.2 Å². The number of hydrogen-bond acceptors (Lipinski definition) is 2. The van der Waals surface area contributed by atoms with E-state index < -0.39 is 0 Å². The first-order valence-corrected chi connectivity index (χ1v) is 5.53. The topological polar surface area (TPSA) is 18.5 Å². The van der Waals surface area contributed by atoms with E-state index >= 15 is 0 Å². The minimum Gasteiger partial charge on any atom is -0.489 e. The van der Waals surface area contributed by atoms with E-state index in [1.807, 2.05) is 6.92 Å². The molecule has 0 aliphatic rings. The second kappa shape index (κ2) is 6.08. The summed E-state index contributed by atoms with van der Waals surface area (Å²) in [7, 11) is 1.65. The molecule has 0 bridgehead atoms. The quantitative estimate of drug-likeness (QED) is 0.821. The third-order valence-electron chi connectivity index (χ3n) is 1.95. The van der Waals surface area contributed by atoms with Crippen LogP contribution >= 0.6 is 15.9 Å². The molecule has 1 aromatic carbocycles. The predicted molar refractivity (Wildman–Crippen MR) is 60.7 cm³/mol. The van der Waals surface area contributed by atoms with E-state index in [9.17, 15) is 4.39 Å². The Morgan fingerprint density at radius 1 is 1.47 bits per heavy atom. The molecule has 15 heavy (non-hydrogen) atoms. The highest BCUT2D eigenvalue weighted by atomic mass is 79.9. The van der Waals surface area contributed by atoms with Gasteiger partial charge in [0.05, 0.1) is 10.6 Å². The molecule has 0 fully saturated rings. The van der Waals surface area contributed by atoms with E-state index in [0.717, 1.165) is 6.42 Å². The van der Waals surface area contributed by atoms with Gasteiger partial charge in [0.25, 0.3) is 0 Å². The molecule has 0 radical (unpaired) electrons. The van der Waals surface area contributed by atoms with E-state index in [2.05, 4.69) is 15.9 Å². The molecule has 84 valence electrons. The first kappa shape index (κ1) is 12.5. The molecule has 0 aliphatic heterocycles. The second-order valence-electron chi connectivity index (χ2n) is 3.28. The van der Waals surface area contributed by atoms with Gasteiger partial charge < -0.3 is 9.47 Å². The van der Waals surface area contributed by atoms with Crippen LogP contribution in [0.3, 0.4) is 0 Å². The summed E-state index contributed by atoms with van der Waals surface area (Å²) in [6, 6.07) is 4.38. The lowest BCUT2D eigenvalue weighted by Gasteiger charge is -2.15. The van der Waals surface area contributed by atoms with Crippen molar-refractivity contribution in [2.24, 2.45) is 0 Å². The van der Waals surface area contributed by atoms with Gasteiger partial charge in [-0.1, -0.05) is 0 Å². The average molecular weight is 277 g/mol. The minimum absolute atomic E-state index is 0.0479. The van der Waals surface area contributed by atoms with Gasteiger partial charge in [0.2, 0.25) is 0 Å². The van der Waals surface area contributed by atoms with Crippen LogP contribution in [-0.4, -0.2) is 19.8 Å². The van der Waals surface area contributed by atoms with Gasteiger partial charge in [-0.3, -0.25) is 0 Å². The Balaban J connectivity index is 2.56. The molecule has 0 spiro atoms. The van der Waals surface area contributed by atoms with Crippen LogP contribution in [0.4, 0.5) is 4.39 Å². The van der Waals surface area contributed by atoms with Crippen LogP contribution in [0.2, 0.25) is 0 Å². The number of methoxy groups -OCH3 is 1. The number of hydrogen-bond donors (Lipinski definition) is 0. The van der Waals surface area contributed by atoms with Crippen LogP contribution in [0.1, 0.15) is 13.3 Å². The van der Waals surface area contributed by atoms with Crippen molar-refractivity contribution in [2.75, 3.05) is 13.7 Å². The van der Waals surface area contributed by atoms with Crippen LogP contribution in [0.15, 0.2) is 22.7 Å². The Kier molecular flexibility index (Phi) is 5.05. The minimum atomic E-state index is -0.279. The zero-order valence-corrected chi connectivity index (χ0v) is 10.4. The molecule has 2 nitrogen and oxygen atoms in total. The SMILES string of the molecule is COCCC(C)Oc1ccc(F)cc1Br. The van der Waals surface area contributed by atoms with Crippen molar-refractivity contribution < 1.29 is 13.9 Å². The third-order valence-corrected chi connectivity index (χ3v) is 2.57. The smallest absolute Gasteiger partial charge is 0.134 e. The molecule has 0 heterocycles. The summed E-state index contributed by atoms with van der Waals surface area (Å²) < 4.78 is 24.0. The van der Waals surface area contributed by atoms with Crippen LogP contribution in [0, 0.1) is 5.82 Å². The largest absolute Gasteiger partial charge is 0.489 e. The lowest BCUT2D eigenvalue weighted by molar-refractivity contribution is 0.134. The Bertz CT molecular complexity index is 317. The monoisotopic (exact) mass is 276 g/mol. The van der Waals surface area contributed by atoms with Gasteiger partial charge in [-0.05, 0) is 41.1 Å². The van der Waals surface area contributed by atoms with Gasteiger partial charge in [-0.25, -0.2) is 4.39 Å². The van der Waals surface area contributed by atoms with Crippen molar-refractivity contribution in [2.45, 2.75) is 19.4 Å². The molecule has 0 N–H and O–H groups in total. The molecule has 1 rings (SSSR count). The summed E-state index contributed by atoms with van der Waals surface area (Å²) in [4.78, 5) is 0. The zero-order chi connectivity index (χ0) is 11.3. The fraction of sp³-hybridized carbons (Fsp3) is 0.455. The molecule has 4 heteroatoms. The first-order chi connectivity index (χ1) is 7.13. The lowest BCUT2D eigenvalue weighted by atomic mass is 10.3. The molecule has 1 unspecified atom stereocenters. The van der Waals surface area contributed by atoms with Gasteiger partial charge in [-0.15, -0.1) is 0 Å². The second-order valence-corrected chi connectivity index (χ2v) is 4.14. The Morgan fingerprint density at radius 2 is 2.20 bits per heavy atom. The van der Waals surface area contributed by atoms with Crippen LogP contribution in [-0.2, 0) is 4.74 Å². The highest BCUT2D eigenvalue weighted by molar-refractivity contribution is 9.10. The van der Waals surface area contributed by atoms with Gasteiger partial charge in [0, 0.05) is 20.1 Å². The fourth-order valence-electron chi connectivity index (χ4n) is 1.13. The maximum absolute atomic E-state index is 12.8. The van der Waals surface area contributed by atoms with Crippen molar-refractivity contribution in [3.05, 3.63) is 28.5 Å². The van der Waals surface area contributed by atoms with Gasteiger partial charge in [0.15, 0.2) is 0 Å². The molecular formula is C11H14BrFO2. The summed E-state index contributed by atoms with van der Waals surface area (Å²) >= 11 is 3.25. The van der Waals surface area contributed by atoms with Crippen molar-refractivity contribution in [3.8, 4) is 5.75 Å². The Hall–Kier alpha value is -0.610. The van der Waals surface area contributed by atoms with E-state index in [4.69, 9.17) is 9.47 Å². The van der Waals surface area contributed by atoms with Crippen LogP contribution in [0.25, 0.3) is 0 Å². The lowest BCUT2D eigenvalue weighted by Crippen LogP contribution is -2.14. The molecule has 0 saturated heterocycles. The summed E-state index contributed by atoms with van der Waals surface area (Å²) in [5, 5.41) is 0. The van der Waals surface area contributed by atoms with E-state index in [0.29, 0.717) is 16.8 Å². The summed E-state index contributed by atoms with van der Waals surface area (Å²) in [5.74, 6) is 0.374. The van der Waals surface area contributed by atoms with Gasteiger partial charge in [0.1, 0.15) is 11.6 Å². The number of ether oxygens (including phenoxy) is 2. The number of benzene rings is 1. The van der Waals surface area contributed by atoms with Gasteiger partial charge >= 0.3 is 0 Å². The molecule has 0 saturated carbocycles. The number of halogens is 2. The highest BCUT2D eigenvalue weighted by Crippen LogP contribution is 2.26. The van der Waals surface area contributed by atoms with Crippen molar-refractivity contribution in [3.63, 3.8) is 0 Å². The van der Waals surface area contributed by atoms with Crippen molar-refractivity contribution in [1.82, 2.24) is 0 Å². The predicted octanol–water partition coefficient (Wildman–Crippen LogP) is 3.39. The standard InChI is InChI=1S/C11H14BrFO2/c1-8(5-6-14-2)15-11-4-3-9(13)7-10(11)12/h3-4,7-8H,5-6H2,1-2H3. The number of rotatable bonds is 5. The molecule has 0 aromatic heterocycles. The highest BCUT2D eigenvalue weighted by Gasteiger charge is 2.07. The normalized spacial score (nSPS) is 12.5. The van der Waals surface area contributed by atoms with E-state index in [1.165, 1.54) is 12.1 Å². The van der Waals surface area contributed by atoms with Gasteiger partial charge in [-0.2, -0.15) is 0 Å². The molecule has 1 atom stereocenters. The molecule has 0 aliphatic carbocycles. The van der Waals surface area contributed by atoms with Crippen molar-refractivity contribution in [1.29, 1.82) is 0 Å². The maximum atomic E-state index is 12.8. The van der Waals surface area contributed by atoms with Crippen LogP contribution in [0.5, 0.6) is 5.75 Å². The molecule has 1 aromatic rings. The summed E-state index contributed by atoms with van der Waals surface area (Å²) in [6.45, 7) is 2.61. The summed E-state index contributed by atoms with van der Waals surface area (Å²) in [6.07, 6.45) is 0.854. The first-order valence-electron chi connectivity index (χ1n) is 4.74. The average Bonchev–Trinajstić information content (AvgIpc) is 2.19. The zero-order valence-electron chi connectivity index (χ0n) is 8.80. The Labute approximate surface area is 97.5 Å². The van der Waals surface area contributed by atoms with Crippen LogP contribution < -0.4 is 4.74 Å². The molecular weight excluding hydrogens is 263 g/mol. The third kappa shape index (κ3) is 4.18. The van der Waals surface area contributed by atoms with E-state index in [-0.39, 0.29) is 11.9 Å². The maximum Gasteiger partial charge on any atom is 0.134 e. The fourth-order valence-corrected chi connectivity index (χ4v) is 1.57. The summed E-state index contributed by atoms with van der Waals surface area (Å²) in [5.41, 5.74) is 0.